The average Bonchev–Trinajstić information content (AvgIpc) is 3.16. The van der Waals surface area contributed by atoms with Crippen LogP contribution in [0.15, 0.2) is 54.4 Å². The molecule has 0 atom stereocenters. The van der Waals surface area contributed by atoms with Gasteiger partial charge in [-0.1, -0.05) is 30.3 Å². The van der Waals surface area contributed by atoms with Gasteiger partial charge in [-0.05, 0) is 29.5 Å². The largest absolute Gasteiger partial charge is 0.311 e. The zero-order chi connectivity index (χ0) is 15.4. The number of carbonyl (C=O) groups is 1. The van der Waals surface area contributed by atoms with Crippen LogP contribution in [0.1, 0.15) is 10.4 Å². The maximum atomic E-state index is 12.7. The number of benzene rings is 1. The van der Waals surface area contributed by atoms with Crippen LogP contribution in [0.4, 0.5) is 5.69 Å². The Morgan fingerprint density at radius 3 is 2.95 bits per heavy atom. The van der Waals surface area contributed by atoms with E-state index in [9.17, 15) is 4.79 Å². The Balaban J connectivity index is 1.68. The Labute approximate surface area is 135 Å². The number of para-hydroxylation sites is 1. The molecule has 0 fully saturated rings. The van der Waals surface area contributed by atoms with Gasteiger partial charge >= 0.3 is 0 Å². The first-order valence-corrected chi connectivity index (χ1v) is 8.40. The lowest BCUT2D eigenvalue weighted by Gasteiger charge is -2.24. The molecule has 22 heavy (non-hydrogen) atoms. The molecule has 0 radical (unpaired) electrons. The standard InChI is InChI=1S/C18H20N2OS/c1-2-10-19(13-16-7-5-12-22-16)14-18(21)20-11-9-15-6-3-4-8-17(15)20/h2-8,12H,1,9-11,13-14H2. The first-order valence-electron chi connectivity index (χ1n) is 7.52. The van der Waals surface area contributed by atoms with Crippen LogP contribution in [0, 0.1) is 0 Å². The molecule has 1 amide bonds. The zero-order valence-corrected chi connectivity index (χ0v) is 13.4. The molecule has 114 valence electrons. The molecule has 1 aromatic carbocycles. The molecular weight excluding hydrogens is 292 g/mol. The lowest BCUT2D eigenvalue weighted by molar-refractivity contribution is -0.119. The van der Waals surface area contributed by atoms with Crippen LogP contribution in [-0.4, -0.2) is 30.4 Å². The van der Waals surface area contributed by atoms with Gasteiger partial charge in [0, 0.05) is 30.2 Å². The number of amides is 1. The quantitative estimate of drug-likeness (QED) is 0.764. The molecule has 4 heteroatoms. The first kappa shape index (κ1) is 15.0. The molecule has 3 nitrogen and oxygen atoms in total. The van der Waals surface area contributed by atoms with Crippen LogP contribution in [0.3, 0.4) is 0 Å². The molecule has 0 bridgehead atoms. The molecule has 3 rings (SSSR count). The number of rotatable bonds is 6. The number of anilines is 1. The molecule has 1 aliphatic rings. The third-order valence-corrected chi connectivity index (χ3v) is 4.76. The summed E-state index contributed by atoms with van der Waals surface area (Å²) < 4.78 is 0. The second-order valence-corrected chi connectivity index (χ2v) is 6.49. The van der Waals surface area contributed by atoms with Gasteiger partial charge in [0.15, 0.2) is 0 Å². The third kappa shape index (κ3) is 3.29. The fraction of sp³-hybridized carbons (Fsp3) is 0.278. The summed E-state index contributed by atoms with van der Waals surface area (Å²) >= 11 is 1.72. The molecule has 0 saturated carbocycles. The number of carbonyl (C=O) groups excluding carboxylic acids is 1. The van der Waals surface area contributed by atoms with Gasteiger partial charge in [0.1, 0.15) is 0 Å². The van der Waals surface area contributed by atoms with Gasteiger partial charge in [0.25, 0.3) is 0 Å². The molecule has 0 saturated heterocycles. The topological polar surface area (TPSA) is 23.6 Å². The Morgan fingerprint density at radius 1 is 1.32 bits per heavy atom. The van der Waals surface area contributed by atoms with Crippen molar-refractivity contribution in [3.8, 4) is 0 Å². The van der Waals surface area contributed by atoms with Crippen molar-refractivity contribution >= 4 is 22.9 Å². The third-order valence-electron chi connectivity index (χ3n) is 3.89. The zero-order valence-electron chi connectivity index (χ0n) is 12.6. The van der Waals surface area contributed by atoms with Crippen molar-refractivity contribution in [2.45, 2.75) is 13.0 Å². The molecule has 1 aromatic heterocycles. The van der Waals surface area contributed by atoms with E-state index < -0.39 is 0 Å². The normalized spacial score (nSPS) is 13.4. The van der Waals surface area contributed by atoms with Gasteiger partial charge in [0.2, 0.25) is 5.91 Å². The lowest BCUT2D eigenvalue weighted by atomic mass is 10.2. The predicted molar refractivity (Wildman–Crippen MR) is 92.3 cm³/mol. The highest BCUT2D eigenvalue weighted by molar-refractivity contribution is 7.09. The number of thiophene rings is 1. The summed E-state index contributed by atoms with van der Waals surface area (Å²) in [6, 6.07) is 12.3. The summed E-state index contributed by atoms with van der Waals surface area (Å²) in [5.74, 6) is 0.170. The van der Waals surface area contributed by atoms with Crippen molar-refractivity contribution in [2.75, 3.05) is 24.5 Å². The number of nitrogens with zero attached hydrogens (tertiary/aromatic N) is 2. The van der Waals surface area contributed by atoms with Gasteiger partial charge in [-0.15, -0.1) is 17.9 Å². The second-order valence-electron chi connectivity index (χ2n) is 5.46. The minimum absolute atomic E-state index is 0.170. The van der Waals surface area contributed by atoms with Crippen LogP contribution in [0.25, 0.3) is 0 Å². The van der Waals surface area contributed by atoms with Crippen molar-refractivity contribution < 1.29 is 4.79 Å². The summed E-state index contributed by atoms with van der Waals surface area (Å²) in [5, 5.41) is 2.07. The van der Waals surface area contributed by atoms with E-state index >= 15 is 0 Å². The van der Waals surface area contributed by atoms with Gasteiger partial charge < -0.3 is 4.90 Å². The van der Waals surface area contributed by atoms with E-state index in [-0.39, 0.29) is 5.91 Å². The molecule has 1 aliphatic heterocycles. The van der Waals surface area contributed by atoms with Crippen molar-refractivity contribution in [3.63, 3.8) is 0 Å². The van der Waals surface area contributed by atoms with Crippen molar-refractivity contribution in [3.05, 3.63) is 64.9 Å². The maximum Gasteiger partial charge on any atom is 0.241 e. The SMILES string of the molecule is C=CCN(CC(=O)N1CCc2ccccc21)Cc1cccs1. The van der Waals surface area contributed by atoms with Crippen LogP contribution in [0.5, 0.6) is 0 Å². The van der Waals surface area contributed by atoms with E-state index in [0.717, 1.165) is 31.7 Å². The molecule has 0 aliphatic carbocycles. The van der Waals surface area contributed by atoms with Crippen LogP contribution < -0.4 is 4.90 Å². The van der Waals surface area contributed by atoms with Gasteiger partial charge in [-0.25, -0.2) is 0 Å². The van der Waals surface area contributed by atoms with E-state index in [0.29, 0.717) is 6.54 Å². The number of hydrogen-bond donors (Lipinski definition) is 0. The van der Waals surface area contributed by atoms with E-state index in [1.165, 1.54) is 10.4 Å². The monoisotopic (exact) mass is 312 g/mol. The van der Waals surface area contributed by atoms with Crippen LogP contribution in [-0.2, 0) is 17.8 Å². The fourth-order valence-electron chi connectivity index (χ4n) is 2.86. The first-order chi connectivity index (χ1) is 10.8. The van der Waals surface area contributed by atoms with Gasteiger partial charge in [-0.2, -0.15) is 0 Å². The molecule has 0 N–H and O–H groups in total. The Kier molecular flexibility index (Phi) is 4.71. The number of hydrogen-bond acceptors (Lipinski definition) is 3. The predicted octanol–water partition coefficient (Wildman–Crippen LogP) is 3.33. The van der Waals surface area contributed by atoms with Gasteiger partial charge in [-0.3, -0.25) is 9.69 Å². The highest BCUT2D eigenvalue weighted by atomic mass is 32.1. The molecular formula is C18H20N2OS. The Hall–Kier alpha value is -1.91. The summed E-state index contributed by atoms with van der Waals surface area (Å²) in [7, 11) is 0. The number of fused-ring (bicyclic) bond motifs is 1. The van der Waals surface area contributed by atoms with Crippen molar-refractivity contribution in [2.24, 2.45) is 0 Å². The van der Waals surface area contributed by atoms with Gasteiger partial charge in [0.05, 0.1) is 6.54 Å². The van der Waals surface area contributed by atoms with Crippen molar-refractivity contribution in [1.29, 1.82) is 0 Å². The average molecular weight is 312 g/mol. The smallest absolute Gasteiger partial charge is 0.241 e. The summed E-state index contributed by atoms with van der Waals surface area (Å²) in [6.45, 7) is 6.54. The summed E-state index contributed by atoms with van der Waals surface area (Å²) in [6.07, 6.45) is 2.81. The molecule has 0 spiro atoms. The highest BCUT2D eigenvalue weighted by Gasteiger charge is 2.25. The minimum Gasteiger partial charge on any atom is -0.311 e. The van der Waals surface area contributed by atoms with E-state index in [1.807, 2.05) is 35.2 Å². The van der Waals surface area contributed by atoms with Crippen molar-refractivity contribution in [1.82, 2.24) is 4.90 Å². The summed E-state index contributed by atoms with van der Waals surface area (Å²) in [4.78, 5) is 18.0. The van der Waals surface area contributed by atoms with Crippen LogP contribution >= 0.6 is 11.3 Å². The Bertz CT molecular complexity index is 651. The summed E-state index contributed by atoms with van der Waals surface area (Å²) in [5.41, 5.74) is 2.34. The Morgan fingerprint density at radius 2 is 2.18 bits per heavy atom. The van der Waals surface area contributed by atoms with E-state index in [1.54, 1.807) is 11.3 Å². The van der Waals surface area contributed by atoms with E-state index in [2.05, 4.69) is 29.0 Å². The molecule has 2 heterocycles. The lowest BCUT2D eigenvalue weighted by Crippen LogP contribution is -2.39. The fourth-order valence-corrected chi connectivity index (χ4v) is 3.61. The molecule has 2 aromatic rings. The minimum atomic E-state index is 0.170. The second kappa shape index (κ2) is 6.90. The molecule has 0 unspecified atom stereocenters. The maximum absolute atomic E-state index is 12.7. The highest BCUT2D eigenvalue weighted by Crippen LogP contribution is 2.27. The van der Waals surface area contributed by atoms with Crippen LogP contribution in [0.2, 0.25) is 0 Å². The van der Waals surface area contributed by atoms with E-state index in [4.69, 9.17) is 0 Å².